The normalized spacial score (nSPS) is 11.3. The lowest BCUT2D eigenvalue weighted by molar-refractivity contribution is 0.194. The lowest BCUT2D eigenvalue weighted by Crippen LogP contribution is -2.36. The second-order valence-electron chi connectivity index (χ2n) is 4.63. The molecule has 0 aromatic carbocycles. The molecule has 0 heterocycles. The van der Waals surface area contributed by atoms with Crippen LogP contribution in [-0.4, -0.2) is 35.5 Å². The van der Waals surface area contributed by atoms with E-state index in [-0.39, 0.29) is 12.6 Å². The van der Waals surface area contributed by atoms with Crippen LogP contribution in [0.25, 0.3) is 0 Å². The van der Waals surface area contributed by atoms with Gasteiger partial charge in [0.2, 0.25) is 0 Å². The molecule has 0 aliphatic carbocycles. The van der Waals surface area contributed by atoms with Crippen molar-refractivity contribution in [3.63, 3.8) is 0 Å². The first-order valence-corrected chi connectivity index (χ1v) is 8.70. The molecule has 4 N–H and O–H groups in total. The fourth-order valence-electron chi connectivity index (χ4n) is 1.63. The Morgan fingerprint density at radius 3 is 2.15 bits per heavy atom. The van der Waals surface area contributed by atoms with Gasteiger partial charge in [0, 0.05) is 13.1 Å². The number of nitrogens with one attached hydrogen (secondary N) is 2. The van der Waals surface area contributed by atoms with Gasteiger partial charge in [-0.05, 0) is 12.8 Å². The highest BCUT2D eigenvalue weighted by molar-refractivity contribution is 7.46. The Morgan fingerprint density at radius 1 is 1.00 bits per heavy atom. The van der Waals surface area contributed by atoms with Gasteiger partial charge in [0.15, 0.2) is 0 Å². The van der Waals surface area contributed by atoms with E-state index in [4.69, 9.17) is 9.79 Å². The molecule has 0 bridgehead atoms. The summed E-state index contributed by atoms with van der Waals surface area (Å²) in [7, 11) is -4.39. The fourth-order valence-corrected chi connectivity index (χ4v) is 1.99. The number of unbranched alkanes of at least 4 members (excludes halogenated alkanes) is 5. The van der Waals surface area contributed by atoms with E-state index in [0.717, 1.165) is 12.8 Å². The van der Waals surface area contributed by atoms with Crippen LogP contribution in [0.4, 0.5) is 4.79 Å². The third kappa shape index (κ3) is 15.4. The zero-order chi connectivity index (χ0) is 15.3. The molecule has 0 radical (unpaired) electrons. The maximum atomic E-state index is 11.3. The van der Waals surface area contributed by atoms with Gasteiger partial charge >= 0.3 is 13.9 Å². The van der Waals surface area contributed by atoms with Gasteiger partial charge < -0.3 is 20.4 Å². The highest BCUT2D eigenvalue weighted by Crippen LogP contribution is 2.35. The number of carbonyl (C=O) groups is 1. The highest BCUT2D eigenvalue weighted by Gasteiger charge is 2.12. The number of hydrogen-bond acceptors (Lipinski definition) is 3. The molecule has 0 rings (SSSR count). The quantitative estimate of drug-likeness (QED) is 0.326. The molecule has 0 unspecified atom stereocenters. The molecule has 20 heavy (non-hydrogen) atoms. The fraction of sp³-hybridized carbons (Fsp3) is 0.917. The van der Waals surface area contributed by atoms with Gasteiger partial charge in [-0.25, -0.2) is 9.36 Å². The van der Waals surface area contributed by atoms with Crippen LogP contribution in [0, 0.1) is 0 Å². The number of rotatable bonds is 12. The molecule has 0 aromatic heterocycles. The highest BCUT2D eigenvalue weighted by atomic mass is 31.2. The Balaban J connectivity index is 3.27. The number of phosphoric acid groups is 1. The molecule has 0 aliphatic heterocycles. The minimum atomic E-state index is -4.39. The summed E-state index contributed by atoms with van der Waals surface area (Å²) in [5, 5.41) is 5.33. The van der Waals surface area contributed by atoms with Crippen molar-refractivity contribution in [3.05, 3.63) is 0 Å². The minimum absolute atomic E-state index is 0.0814. The van der Waals surface area contributed by atoms with Gasteiger partial charge in [0.25, 0.3) is 0 Å². The monoisotopic (exact) mass is 310 g/mol. The topological polar surface area (TPSA) is 108 Å². The van der Waals surface area contributed by atoms with Crippen molar-refractivity contribution in [2.45, 2.75) is 51.9 Å². The zero-order valence-electron chi connectivity index (χ0n) is 12.1. The van der Waals surface area contributed by atoms with Crippen molar-refractivity contribution in [3.8, 4) is 0 Å². The lowest BCUT2D eigenvalue weighted by Gasteiger charge is -2.08. The molecule has 0 atom stereocenters. The van der Waals surface area contributed by atoms with Gasteiger partial charge in [0.05, 0.1) is 6.61 Å². The minimum Gasteiger partial charge on any atom is -0.338 e. The Hall–Kier alpha value is -0.620. The second-order valence-corrected chi connectivity index (χ2v) is 5.87. The van der Waals surface area contributed by atoms with Crippen molar-refractivity contribution in [2.24, 2.45) is 0 Å². The van der Waals surface area contributed by atoms with E-state index >= 15 is 0 Å². The van der Waals surface area contributed by atoms with Crippen LogP contribution in [-0.2, 0) is 9.09 Å². The van der Waals surface area contributed by atoms with E-state index in [9.17, 15) is 9.36 Å². The summed E-state index contributed by atoms with van der Waals surface area (Å²) in [6.45, 7) is 3.07. The SMILES string of the molecule is CCCCCCCCNC(=O)NCCCOP(=O)(O)O. The zero-order valence-corrected chi connectivity index (χ0v) is 13.0. The first-order valence-electron chi connectivity index (χ1n) is 7.17. The predicted molar refractivity (Wildman–Crippen MR) is 77.4 cm³/mol. The molecular weight excluding hydrogens is 283 g/mol. The summed E-state index contributed by atoms with van der Waals surface area (Å²) >= 11 is 0. The summed E-state index contributed by atoms with van der Waals surface area (Å²) in [6, 6.07) is -0.255. The molecule has 0 aliphatic rings. The largest absolute Gasteiger partial charge is 0.469 e. The van der Waals surface area contributed by atoms with E-state index in [0.29, 0.717) is 19.5 Å². The van der Waals surface area contributed by atoms with E-state index in [1.807, 2.05) is 0 Å². The van der Waals surface area contributed by atoms with Gasteiger partial charge in [0.1, 0.15) is 0 Å². The van der Waals surface area contributed by atoms with Gasteiger partial charge in [-0.3, -0.25) is 4.52 Å². The summed E-state index contributed by atoms with van der Waals surface area (Å²) in [4.78, 5) is 28.2. The third-order valence-corrected chi connectivity index (χ3v) is 3.20. The van der Waals surface area contributed by atoms with Crippen LogP contribution in [0.5, 0.6) is 0 Å². The van der Waals surface area contributed by atoms with Crippen molar-refractivity contribution in [1.82, 2.24) is 10.6 Å². The number of urea groups is 1. The molecule has 0 saturated heterocycles. The molecule has 7 nitrogen and oxygen atoms in total. The number of amides is 2. The van der Waals surface area contributed by atoms with Crippen molar-refractivity contribution in [2.75, 3.05) is 19.7 Å². The average Bonchev–Trinajstić information content (AvgIpc) is 2.36. The lowest BCUT2D eigenvalue weighted by atomic mass is 10.1. The maximum Gasteiger partial charge on any atom is 0.469 e. The van der Waals surface area contributed by atoms with E-state index < -0.39 is 7.82 Å². The van der Waals surface area contributed by atoms with E-state index in [1.54, 1.807) is 0 Å². The third-order valence-electron chi connectivity index (χ3n) is 2.68. The Morgan fingerprint density at radius 2 is 1.55 bits per heavy atom. The average molecular weight is 310 g/mol. The number of phosphoric ester groups is 1. The summed E-state index contributed by atoms with van der Waals surface area (Å²) < 4.78 is 14.6. The van der Waals surface area contributed by atoms with Crippen LogP contribution in [0.15, 0.2) is 0 Å². The predicted octanol–water partition coefficient (Wildman–Crippen LogP) is 2.15. The van der Waals surface area contributed by atoms with E-state index in [2.05, 4.69) is 22.1 Å². The van der Waals surface area contributed by atoms with Crippen LogP contribution in [0.2, 0.25) is 0 Å². The van der Waals surface area contributed by atoms with Crippen molar-refractivity contribution in [1.29, 1.82) is 0 Å². The maximum absolute atomic E-state index is 11.3. The Kier molecular flexibility index (Phi) is 11.8. The molecule has 120 valence electrons. The summed E-state index contributed by atoms with van der Waals surface area (Å²) in [6.07, 6.45) is 7.40. The van der Waals surface area contributed by atoms with Crippen LogP contribution in [0.3, 0.4) is 0 Å². The molecule has 0 aromatic rings. The molecule has 0 spiro atoms. The first kappa shape index (κ1) is 19.4. The van der Waals surface area contributed by atoms with Gasteiger partial charge in [-0.1, -0.05) is 39.0 Å². The Labute approximate surface area is 120 Å². The van der Waals surface area contributed by atoms with Crippen LogP contribution >= 0.6 is 7.82 Å². The molecule has 0 saturated carbocycles. The van der Waals surface area contributed by atoms with Gasteiger partial charge in [-0.15, -0.1) is 0 Å². The molecule has 8 heteroatoms. The molecular formula is C12H27N2O5P. The number of hydrogen-bond donors (Lipinski definition) is 4. The van der Waals surface area contributed by atoms with Crippen molar-refractivity contribution < 1.29 is 23.7 Å². The van der Waals surface area contributed by atoms with Crippen LogP contribution in [0.1, 0.15) is 51.9 Å². The molecule has 0 fully saturated rings. The molecule has 2 amide bonds. The number of carbonyl (C=O) groups excluding carboxylic acids is 1. The van der Waals surface area contributed by atoms with Crippen molar-refractivity contribution >= 4 is 13.9 Å². The second kappa shape index (κ2) is 12.1. The standard InChI is InChI=1S/C12H27N2O5P/c1-2-3-4-5-6-7-9-13-12(15)14-10-8-11-19-20(16,17)18/h2-11H2,1H3,(H2,13,14,15)(H2,16,17,18). The van der Waals surface area contributed by atoms with Gasteiger partial charge in [-0.2, -0.15) is 0 Å². The van der Waals surface area contributed by atoms with E-state index in [1.165, 1.54) is 25.7 Å². The summed E-state index contributed by atoms with van der Waals surface area (Å²) in [5.74, 6) is 0. The summed E-state index contributed by atoms with van der Waals surface area (Å²) in [5.41, 5.74) is 0. The first-order chi connectivity index (χ1) is 9.45. The van der Waals surface area contributed by atoms with Crippen LogP contribution < -0.4 is 10.6 Å². The Bertz CT molecular complexity index is 296. The smallest absolute Gasteiger partial charge is 0.338 e.